The van der Waals surface area contributed by atoms with Gasteiger partial charge in [0.25, 0.3) is 0 Å². The molecule has 20 heavy (non-hydrogen) atoms. The normalized spacial score (nSPS) is 18.6. The molecule has 118 valence electrons. The molecule has 0 saturated heterocycles. The zero-order valence-corrected chi connectivity index (χ0v) is 12.4. The lowest BCUT2D eigenvalue weighted by Gasteiger charge is -2.41. The fourth-order valence-corrected chi connectivity index (χ4v) is 2.48. The van der Waals surface area contributed by atoms with Gasteiger partial charge in [0, 0.05) is 26.6 Å². The minimum atomic E-state index is -4.04. The van der Waals surface area contributed by atoms with E-state index >= 15 is 0 Å². The molecule has 0 heterocycles. The molecule has 0 amide bonds. The molecule has 0 aliphatic heterocycles. The van der Waals surface area contributed by atoms with Crippen LogP contribution >= 0.6 is 0 Å². The van der Waals surface area contributed by atoms with Gasteiger partial charge in [-0.2, -0.15) is 13.2 Å². The predicted octanol–water partition coefficient (Wildman–Crippen LogP) is 3.46. The summed E-state index contributed by atoms with van der Waals surface area (Å²) < 4.78 is 36.0. The standard InChI is InChI=1S/C14H26F3N3/c1-3-13(7-6-8-13)11-20-12(18-2)19-10-5-4-9-14(15,16)17/h3-11H2,1-2H3,(H2,18,19,20). The van der Waals surface area contributed by atoms with Crippen molar-refractivity contribution in [3.05, 3.63) is 0 Å². The van der Waals surface area contributed by atoms with Gasteiger partial charge < -0.3 is 10.6 Å². The number of hydrogen-bond acceptors (Lipinski definition) is 1. The highest BCUT2D eigenvalue weighted by atomic mass is 19.4. The van der Waals surface area contributed by atoms with E-state index in [1.165, 1.54) is 19.3 Å². The van der Waals surface area contributed by atoms with Gasteiger partial charge in [0.05, 0.1) is 0 Å². The lowest BCUT2D eigenvalue weighted by Crippen LogP contribution is -2.46. The second-order valence-electron chi connectivity index (χ2n) is 5.63. The van der Waals surface area contributed by atoms with E-state index in [1.54, 1.807) is 7.05 Å². The molecule has 1 aliphatic rings. The van der Waals surface area contributed by atoms with Gasteiger partial charge in [-0.05, 0) is 37.5 Å². The average Bonchev–Trinajstić information content (AvgIpc) is 2.33. The van der Waals surface area contributed by atoms with Crippen molar-refractivity contribution in [3.8, 4) is 0 Å². The van der Waals surface area contributed by atoms with Gasteiger partial charge in [-0.25, -0.2) is 0 Å². The summed E-state index contributed by atoms with van der Waals surface area (Å²) in [5.74, 6) is 0.691. The Labute approximate surface area is 119 Å². The molecule has 1 rings (SSSR count). The van der Waals surface area contributed by atoms with Crippen LogP contribution in [0.1, 0.15) is 51.9 Å². The van der Waals surface area contributed by atoms with Gasteiger partial charge in [-0.1, -0.05) is 13.3 Å². The molecule has 0 spiro atoms. The van der Waals surface area contributed by atoms with Crippen molar-refractivity contribution in [1.29, 1.82) is 0 Å². The fraction of sp³-hybridized carbons (Fsp3) is 0.929. The van der Waals surface area contributed by atoms with Crippen LogP contribution in [0.15, 0.2) is 4.99 Å². The fourth-order valence-electron chi connectivity index (χ4n) is 2.48. The smallest absolute Gasteiger partial charge is 0.356 e. The van der Waals surface area contributed by atoms with Crippen LogP contribution in [-0.4, -0.2) is 32.3 Å². The van der Waals surface area contributed by atoms with E-state index < -0.39 is 12.6 Å². The van der Waals surface area contributed by atoms with E-state index in [0.717, 1.165) is 13.0 Å². The Hall–Kier alpha value is -0.940. The summed E-state index contributed by atoms with van der Waals surface area (Å²) in [6.45, 7) is 3.62. The van der Waals surface area contributed by atoms with E-state index in [-0.39, 0.29) is 6.42 Å². The number of nitrogens with zero attached hydrogens (tertiary/aromatic N) is 1. The molecule has 0 atom stereocenters. The monoisotopic (exact) mass is 293 g/mol. The Morgan fingerprint density at radius 2 is 1.90 bits per heavy atom. The maximum Gasteiger partial charge on any atom is 0.389 e. The Bertz CT molecular complexity index is 304. The van der Waals surface area contributed by atoms with Crippen LogP contribution in [0.3, 0.4) is 0 Å². The molecule has 0 aromatic carbocycles. The zero-order valence-electron chi connectivity index (χ0n) is 12.4. The topological polar surface area (TPSA) is 36.4 Å². The Kier molecular flexibility index (Phi) is 6.62. The number of nitrogens with one attached hydrogen (secondary N) is 2. The van der Waals surface area contributed by atoms with Gasteiger partial charge in [0.1, 0.15) is 0 Å². The number of hydrogen-bond donors (Lipinski definition) is 2. The maximum absolute atomic E-state index is 12.0. The van der Waals surface area contributed by atoms with Crippen molar-refractivity contribution < 1.29 is 13.2 Å². The van der Waals surface area contributed by atoms with Crippen molar-refractivity contribution >= 4 is 5.96 Å². The molecule has 1 saturated carbocycles. The lowest BCUT2D eigenvalue weighted by molar-refractivity contribution is -0.135. The van der Waals surface area contributed by atoms with Crippen LogP contribution in [0.2, 0.25) is 0 Å². The Morgan fingerprint density at radius 1 is 1.20 bits per heavy atom. The predicted molar refractivity (Wildman–Crippen MR) is 75.8 cm³/mol. The summed E-state index contributed by atoms with van der Waals surface area (Å²) in [7, 11) is 1.68. The molecule has 3 nitrogen and oxygen atoms in total. The summed E-state index contributed by atoms with van der Waals surface area (Å²) in [6.07, 6.45) is 0.850. The first-order chi connectivity index (χ1) is 9.41. The largest absolute Gasteiger partial charge is 0.389 e. The molecule has 0 aromatic heterocycles. The van der Waals surface area contributed by atoms with Crippen molar-refractivity contribution in [1.82, 2.24) is 10.6 Å². The summed E-state index contributed by atoms with van der Waals surface area (Å²) in [4.78, 5) is 4.10. The highest BCUT2D eigenvalue weighted by Crippen LogP contribution is 2.42. The van der Waals surface area contributed by atoms with Gasteiger partial charge in [-0.3, -0.25) is 4.99 Å². The maximum atomic E-state index is 12.0. The van der Waals surface area contributed by atoms with Crippen LogP contribution in [-0.2, 0) is 0 Å². The number of guanidine groups is 1. The number of unbranched alkanes of at least 4 members (excludes halogenated alkanes) is 1. The second-order valence-corrected chi connectivity index (χ2v) is 5.63. The third-order valence-corrected chi connectivity index (χ3v) is 4.20. The van der Waals surface area contributed by atoms with Crippen molar-refractivity contribution in [2.24, 2.45) is 10.4 Å². The van der Waals surface area contributed by atoms with E-state index in [4.69, 9.17) is 0 Å². The number of alkyl halides is 3. The third kappa shape index (κ3) is 6.01. The molecule has 1 fully saturated rings. The van der Waals surface area contributed by atoms with E-state index in [1.807, 2.05) is 0 Å². The molecule has 0 unspecified atom stereocenters. The van der Waals surface area contributed by atoms with Crippen LogP contribution in [0, 0.1) is 5.41 Å². The molecule has 1 aliphatic carbocycles. The van der Waals surface area contributed by atoms with Crippen LogP contribution in [0.5, 0.6) is 0 Å². The summed E-state index contributed by atoms with van der Waals surface area (Å²) in [6, 6.07) is 0. The lowest BCUT2D eigenvalue weighted by atomic mass is 9.67. The molecule has 6 heteroatoms. The van der Waals surface area contributed by atoms with Gasteiger partial charge in [0.2, 0.25) is 0 Å². The van der Waals surface area contributed by atoms with Gasteiger partial charge in [-0.15, -0.1) is 0 Å². The van der Waals surface area contributed by atoms with Crippen LogP contribution < -0.4 is 10.6 Å². The molecule has 0 radical (unpaired) electrons. The summed E-state index contributed by atoms with van der Waals surface area (Å²) in [5, 5.41) is 6.36. The van der Waals surface area contributed by atoms with E-state index in [9.17, 15) is 13.2 Å². The first kappa shape index (κ1) is 17.1. The average molecular weight is 293 g/mol. The van der Waals surface area contributed by atoms with E-state index in [0.29, 0.717) is 24.3 Å². The molecular weight excluding hydrogens is 267 g/mol. The number of aliphatic imine (C=N–C) groups is 1. The van der Waals surface area contributed by atoms with Gasteiger partial charge >= 0.3 is 6.18 Å². The minimum absolute atomic E-state index is 0.159. The van der Waals surface area contributed by atoms with Crippen molar-refractivity contribution in [3.63, 3.8) is 0 Å². The first-order valence-corrected chi connectivity index (χ1v) is 7.42. The SMILES string of the molecule is CCC1(CNC(=NC)NCCCCC(F)(F)F)CCC1. The van der Waals surface area contributed by atoms with Crippen LogP contribution in [0.4, 0.5) is 13.2 Å². The Morgan fingerprint density at radius 3 is 2.35 bits per heavy atom. The highest BCUT2D eigenvalue weighted by Gasteiger charge is 2.34. The summed E-state index contributed by atoms with van der Waals surface area (Å²) in [5.41, 5.74) is 0.397. The van der Waals surface area contributed by atoms with E-state index in [2.05, 4.69) is 22.5 Å². The minimum Gasteiger partial charge on any atom is -0.356 e. The number of rotatable bonds is 7. The molecule has 0 bridgehead atoms. The van der Waals surface area contributed by atoms with Gasteiger partial charge in [0.15, 0.2) is 5.96 Å². The quantitative estimate of drug-likeness (QED) is 0.428. The molecule has 2 N–H and O–H groups in total. The summed E-state index contributed by atoms with van der Waals surface area (Å²) >= 11 is 0. The van der Waals surface area contributed by atoms with Crippen LogP contribution in [0.25, 0.3) is 0 Å². The third-order valence-electron chi connectivity index (χ3n) is 4.20. The zero-order chi connectivity index (χ0) is 15.1. The highest BCUT2D eigenvalue weighted by molar-refractivity contribution is 5.79. The van der Waals surface area contributed by atoms with Crippen molar-refractivity contribution in [2.45, 2.75) is 58.0 Å². The first-order valence-electron chi connectivity index (χ1n) is 7.42. The van der Waals surface area contributed by atoms with Crippen molar-refractivity contribution in [2.75, 3.05) is 20.1 Å². The number of halogens is 3. The molecular formula is C14H26F3N3. The Balaban J connectivity index is 2.14. The second kappa shape index (κ2) is 7.74. The molecule has 0 aromatic rings.